The predicted octanol–water partition coefficient (Wildman–Crippen LogP) is 5.29. The number of hydrogen-bond acceptors (Lipinski definition) is 7. The molecular formula is C30H35FN8O2. The molecule has 0 spiro atoms. The molecule has 11 heteroatoms. The molecule has 4 heterocycles. The third kappa shape index (κ3) is 7.65. The third-order valence-corrected chi connectivity index (χ3v) is 7.00. The molecule has 0 unspecified atom stereocenters. The largest absolute Gasteiger partial charge is 0.454 e. The maximum atomic E-state index is 14.9. The van der Waals surface area contributed by atoms with Crippen molar-refractivity contribution in [3.05, 3.63) is 78.8 Å². The topological polar surface area (TPSA) is 100 Å². The average Bonchev–Trinajstić information content (AvgIpc) is 3.44. The number of urea groups is 1. The Hall–Kier alpha value is -4.35. The lowest BCUT2D eigenvalue weighted by molar-refractivity contribution is 0.149. The van der Waals surface area contributed by atoms with Gasteiger partial charge in [0.25, 0.3) is 0 Å². The molecule has 1 saturated heterocycles. The van der Waals surface area contributed by atoms with Crippen LogP contribution in [0, 0.1) is 5.82 Å². The van der Waals surface area contributed by atoms with Crippen LogP contribution >= 0.6 is 0 Å². The summed E-state index contributed by atoms with van der Waals surface area (Å²) < 4.78 is 22.6. The van der Waals surface area contributed by atoms with Crippen LogP contribution in [0.5, 0.6) is 11.5 Å². The zero-order chi connectivity index (χ0) is 28.8. The number of piperazine rings is 1. The van der Waals surface area contributed by atoms with Crippen molar-refractivity contribution in [1.29, 1.82) is 0 Å². The van der Waals surface area contributed by atoms with E-state index in [1.54, 1.807) is 43.0 Å². The molecule has 5 rings (SSSR count). The number of halogens is 1. The van der Waals surface area contributed by atoms with Crippen molar-refractivity contribution in [2.75, 3.05) is 50.4 Å². The van der Waals surface area contributed by atoms with Crippen molar-refractivity contribution in [3.63, 3.8) is 0 Å². The SMILES string of the molecule is CC(C)c1cncc(NC(=O)Nc2ccc(Oc3ccnc(-c4cnn(CCN5CCN(C)CC5)c4)c3)c(F)c2)c1. The summed E-state index contributed by atoms with van der Waals surface area (Å²) in [6.45, 7) is 10.1. The number of anilines is 2. The number of likely N-dealkylation sites (N-methyl/N-ethyl adjacent to an activating group) is 1. The van der Waals surface area contributed by atoms with Gasteiger partial charge in [0.2, 0.25) is 0 Å². The van der Waals surface area contributed by atoms with E-state index >= 15 is 0 Å². The van der Waals surface area contributed by atoms with Crippen molar-refractivity contribution < 1.29 is 13.9 Å². The minimum atomic E-state index is -0.610. The van der Waals surface area contributed by atoms with Crippen molar-refractivity contribution in [2.45, 2.75) is 26.3 Å². The molecule has 214 valence electrons. The van der Waals surface area contributed by atoms with E-state index in [9.17, 15) is 9.18 Å². The van der Waals surface area contributed by atoms with Crippen molar-refractivity contribution in [3.8, 4) is 22.8 Å². The first-order valence-electron chi connectivity index (χ1n) is 13.7. The van der Waals surface area contributed by atoms with E-state index in [0.717, 1.165) is 50.4 Å². The van der Waals surface area contributed by atoms with E-state index in [-0.39, 0.29) is 11.7 Å². The summed E-state index contributed by atoms with van der Waals surface area (Å²) in [4.78, 5) is 25.8. The number of nitrogens with zero attached hydrogens (tertiary/aromatic N) is 6. The Bertz CT molecular complexity index is 1480. The molecule has 0 radical (unpaired) electrons. The van der Waals surface area contributed by atoms with Gasteiger partial charge < -0.3 is 20.3 Å². The summed E-state index contributed by atoms with van der Waals surface area (Å²) >= 11 is 0. The molecule has 0 aliphatic carbocycles. The Morgan fingerprint density at radius 2 is 1.80 bits per heavy atom. The highest BCUT2D eigenvalue weighted by Crippen LogP contribution is 2.29. The Kier molecular flexibility index (Phi) is 8.85. The Balaban J connectivity index is 1.17. The van der Waals surface area contributed by atoms with E-state index in [1.807, 2.05) is 30.8 Å². The first kappa shape index (κ1) is 28.2. The lowest BCUT2D eigenvalue weighted by Crippen LogP contribution is -2.45. The number of nitrogens with one attached hydrogen (secondary N) is 2. The predicted molar refractivity (Wildman–Crippen MR) is 157 cm³/mol. The van der Waals surface area contributed by atoms with Crippen LogP contribution in [-0.4, -0.2) is 75.4 Å². The molecule has 1 aromatic carbocycles. The lowest BCUT2D eigenvalue weighted by atomic mass is 10.1. The standard InChI is InChI=1S/C30H35FN8O2/c1-21(2)22-14-25(19-32-17-22)36-30(40)35-24-4-5-29(27(31)15-24)41-26-6-7-33-28(16-26)23-18-34-39(20-23)13-12-38-10-8-37(3)9-11-38/h4-7,14-21H,8-13H2,1-3H3,(H2,35,36,40). The van der Waals surface area contributed by atoms with Gasteiger partial charge in [-0.05, 0) is 42.8 Å². The van der Waals surface area contributed by atoms with Gasteiger partial charge in [0.05, 0.1) is 30.3 Å². The Labute approximate surface area is 239 Å². The number of hydrogen-bond donors (Lipinski definition) is 2. The van der Waals surface area contributed by atoms with Crippen LogP contribution in [0.2, 0.25) is 0 Å². The van der Waals surface area contributed by atoms with Gasteiger partial charge in [-0.1, -0.05) is 13.8 Å². The average molecular weight is 559 g/mol. The summed E-state index contributed by atoms with van der Waals surface area (Å²) in [6.07, 6.45) is 8.68. The second kappa shape index (κ2) is 12.9. The summed E-state index contributed by atoms with van der Waals surface area (Å²) in [7, 11) is 2.15. The fourth-order valence-electron chi connectivity index (χ4n) is 4.49. The molecule has 10 nitrogen and oxygen atoms in total. The van der Waals surface area contributed by atoms with Crippen LogP contribution in [0.3, 0.4) is 0 Å². The van der Waals surface area contributed by atoms with E-state index in [2.05, 4.69) is 42.5 Å². The van der Waals surface area contributed by atoms with Crippen molar-refractivity contribution >= 4 is 17.4 Å². The first-order chi connectivity index (χ1) is 19.8. The highest BCUT2D eigenvalue weighted by molar-refractivity contribution is 5.99. The molecule has 0 saturated carbocycles. The van der Waals surface area contributed by atoms with Crippen LogP contribution in [0.4, 0.5) is 20.6 Å². The number of amides is 2. The van der Waals surface area contributed by atoms with Crippen LogP contribution in [0.15, 0.2) is 67.4 Å². The summed E-state index contributed by atoms with van der Waals surface area (Å²) in [5.74, 6) is 0.140. The van der Waals surface area contributed by atoms with Gasteiger partial charge in [-0.2, -0.15) is 5.10 Å². The summed E-state index contributed by atoms with van der Waals surface area (Å²) in [5, 5.41) is 9.85. The minimum absolute atomic E-state index is 0.0322. The molecule has 4 aromatic rings. The molecule has 0 atom stereocenters. The van der Waals surface area contributed by atoms with Gasteiger partial charge in [0, 0.05) is 74.7 Å². The summed E-state index contributed by atoms with van der Waals surface area (Å²) in [6, 6.07) is 9.04. The van der Waals surface area contributed by atoms with Crippen molar-refractivity contribution in [1.82, 2.24) is 29.5 Å². The molecule has 0 bridgehead atoms. The smallest absolute Gasteiger partial charge is 0.323 e. The lowest BCUT2D eigenvalue weighted by Gasteiger charge is -2.32. The van der Waals surface area contributed by atoms with Crippen LogP contribution in [-0.2, 0) is 6.54 Å². The first-order valence-corrected chi connectivity index (χ1v) is 13.7. The monoisotopic (exact) mass is 558 g/mol. The van der Waals surface area contributed by atoms with E-state index in [4.69, 9.17) is 4.74 Å². The Morgan fingerprint density at radius 3 is 2.59 bits per heavy atom. The maximum Gasteiger partial charge on any atom is 0.323 e. The fourth-order valence-corrected chi connectivity index (χ4v) is 4.49. The minimum Gasteiger partial charge on any atom is -0.454 e. The number of rotatable bonds is 9. The molecule has 1 aliphatic rings. The zero-order valence-corrected chi connectivity index (χ0v) is 23.5. The quantitative estimate of drug-likeness (QED) is 0.288. The van der Waals surface area contributed by atoms with E-state index in [0.29, 0.717) is 22.8 Å². The molecule has 3 aromatic heterocycles. The number of pyridine rings is 2. The zero-order valence-electron chi connectivity index (χ0n) is 23.5. The van der Waals surface area contributed by atoms with Crippen LogP contribution in [0.1, 0.15) is 25.3 Å². The van der Waals surface area contributed by atoms with Gasteiger partial charge in [0.15, 0.2) is 11.6 Å². The number of carbonyl (C=O) groups excluding carboxylic acids is 1. The highest BCUT2D eigenvalue weighted by Gasteiger charge is 2.14. The molecular weight excluding hydrogens is 523 g/mol. The molecule has 2 N–H and O–H groups in total. The normalized spacial score (nSPS) is 14.3. The molecule has 41 heavy (non-hydrogen) atoms. The fraction of sp³-hybridized carbons (Fsp3) is 0.333. The molecule has 1 fully saturated rings. The van der Waals surface area contributed by atoms with E-state index in [1.165, 1.54) is 12.1 Å². The van der Waals surface area contributed by atoms with E-state index < -0.39 is 11.8 Å². The van der Waals surface area contributed by atoms with Gasteiger partial charge >= 0.3 is 6.03 Å². The number of ether oxygens (including phenoxy) is 1. The summed E-state index contributed by atoms with van der Waals surface area (Å²) in [5.41, 5.74) is 3.39. The number of benzene rings is 1. The highest BCUT2D eigenvalue weighted by atomic mass is 19.1. The van der Waals surface area contributed by atoms with Crippen LogP contribution < -0.4 is 15.4 Å². The van der Waals surface area contributed by atoms with Crippen molar-refractivity contribution in [2.24, 2.45) is 0 Å². The van der Waals surface area contributed by atoms with Gasteiger partial charge in [-0.3, -0.25) is 19.5 Å². The number of carbonyl (C=O) groups is 1. The molecule has 2 amide bonds. The third-order valence-electron chi connectivity index (χ3n) is 7.00. The number of aromatic nitrogens is 4. The van der Waals surface area contributed by atoms with Gasteiger partial charge in [-0.25, -0.2) is 9.18 Å². The van der Waals surface area contributed by atoms with Gasteiger partial charge in [0.1, 0.15) is 5.75 Å². The maximum absolute atomic E-state index is 14.9. The second-order valence-electron chi connectivity index (χ2n) is 10.5. The second-order valence-corrected chi connectivity index (χ2v) is 10.5. The van der Waals surface area contributed by atoms with Crippen LogP contribution in [0.25, 0.3) is 11.3 Å². The molecule has 1 aliphatic heterocycles. The van der Waals surface area contributed by atoms with Gasteiger partial charge in [-0.15, -0.1) is 0 Å². The Morgan fingerprint density at radius 1 is 1.00 bits per heavy atom.